The zero-order chi connectivity index (χ0) is 21.6. The molecule has 1 fully saturated rings. The number of alkyl halides is 1. The van der Waals surface area contributed by atoms with E-state index in [1.165, 1.54) is 7.11 Å². The molecule has 29 heavy (non-hydrogen) atoms. The lowest BCUT2D eigenvalue weighted by Gasteiger charge is -2.27. The molecule has 0 heterocycles. The summed E-state index contributed by atoms with van der Waals surface area (Å²) in [4.78, 5) is 11.1. The molecule has 4 nitrogen and oxygen atoms in total. The highest BCUT2D eigenvalue weighted by atomic mass is 35.5. The van der Waals surface area contributed by atoms with Crippen molar-refractivity contribution in [2.45, 2.75) is 76.4 Å². The molecule has 162 valence electrons. The Kier molecular flexibility index (Phi) is 8.74. The molecule has 2 rings (SSSR count). The Morgan fingerprint density at radius 3 is 2.52 bits per heavy atom. The van der Waals surface area contributed by atoms with E-state index in [4.69, 9.17) is 11.6 Å². The maximum Gasteiger partial charge on any atom is 0.305 e. The van der Waals surface area contributed by atoms with Crippen molar-refractivity contribution in [2.24, 2.45) is 11.3 Å². The van der Waals surface area contributed by atoms with Gasteiger partial charge in [0.2, 0.25) is 0 Å². The first-order valence-electron chi connectivity index (χ1n) is 10.5. The summed E-state index contributed by atoms with van der Waals surface area (Å²) in [5, 5.41) is 21.0. The second-order valence-electron chi connectivity index (χ2n) is 9.12. The molecule has 5 heteroatoms. The number of aliphatic hydroxyl groups is 2. The van der Waals surface area contributed by atoms with Gasteiger partial charge < -0.3 is 14.9 Å². The zero-order valence-corrected chi connectivity index (χ0v) is 18.7. The van der Waals surface area contributed by atoms with Gasteiger partial charge >= 0.3 is 5.97 Å². The lowest BCUT2D eigenvalue weighted by atomic mass is 9.82. The SMILES string of the molecule is COC(=O)CCC/C=C\CC1C(Cl)CC(O)C1c1ccc(C(O)C(C)(C)C)cc1. The van der Waals surface area contributed by atoms with E-state index in [2.05, 4.69) is 16.9 Å². The van der Waals surface area contributed by atoms with E-state index in [0.717, 1.165) is 30.4 Å². The van der Waals surface area contributed by atoms with Crippen molar-refractivity contribution in [3.63, 3.8) is 0 Å². The Hall–Kier alpha value is -1.36. The van der Waals surface area contributed by atoms with Crippen molar-refractivity contribution < 1.29 is 19.7 Å². The van der Waals surface area contributed by atoms with Gasteiger partial charge in [-0.15, -0.1) is 11.6 Å². The molecule has 0 spiro atoms. The molecule has 0 aromatic heterocycles. The molecule has 5 unspecified atom stereocenters. The third kappa shape index (κ3) is 6.56. The summed E-state index contributed by atoms with van der Waals surface area (Å²) >= 11 is 6.56. The first-order valence-corrected chi connectivity index (χ1v) is 10.9. The molecular formula is C24H35ClO4. The van der Waals surface area contributed by atoms with Gasteiger partial charge in [-0.1, -0.05) is 57.2 Å². The highest BCUT2D eigenvalue weighted by molar-refractivity contribution is 6.21. The standard InChI is InChI=1S/C24H35ClO4/c1-24(2,3)23(28)17-13-11-16(12-14-17)22-18(19(25)15-20(22)26)9-7-5-6-8-10-21(27)29-4/h5,7,11-14,18-20,22-23,26,28H,6,8-10,15H2,1-4H3/b7-5-. The summed E-state index contributed by atoms with van der Waals surface area (Å²) < 4.78 is 4.64. The number of aliphatic hydroxyl groups excluding tert-OH is 2. The molecule has 1 aromatic rings. The molecule has 2 N–H and O–H groups in total. The first-order chi connectivity index (χ1) is 13.6. The number of hydrogen-bond donors (Lipinski definition) is 2. The molecule has 1 saturated carbocycles. The lowest BCUT2D eigenvalue weighted by molar-refractivity contribution is -0.140. The van der Waals surface area contributed by atoms with Crippen LogP contribution in [0.15, 0.2) is 36.4 Å². The van der Waals surface area contributed by atoms with Gasteiger partial charge in [-0.25, -0.2) is 0 Å². The summed E-state index contributed by atoms with van der Waals surface area (Å²) in [5.74, 6) is -0.0433. The van der Waals surface area contributed by atoms with Crippen LogP contribution < -0.4 is 0 Å². The monoisotopic (exact) mass is 422 g/mol. The number of ether oxygens (including phenoxy) is 1. The number of allylic oxidation sites excluding steroid dienone is 2. The molecule has 0 bridgehead atoms. The largest absolute Gasteiger partial charge is 0.469 e. The summed E-state index contributed by atoms with van der Waals surface area (Å²) in [6.07, 6.45) is 6.58. The fraction of sp³-hybridized carbons (Fsp3) is 0.625. The minimum Gasteiger partial charge on any atom is -0.469 e. The van der Waals surface area contributed by atoms with Gasteiger partial charge in [0.1, 0.15) is 0 Å². The van der Waals surface area contributed by atoms with E-state index >= 15 is 0 Å². The number of benzene rings is 1. The van der Waals surface area contributed by atoms with Gasteiger partial charge in [-0.3, -0.25) is 4.79 Å². The van der Waals surface area contributed by atoms with Gasteiger partial charge in [-0.05, 0) is 48.1 Å². The fourth-order valence-corrected chi connectivity index (χ4v) is 4.51. The van der Waals surface area contributed by atoms with Crippen molar-refractivity contribution in [1.29, 1.82) is 0 Å². The highest BCUT2D eigenvalue weighted by Crippen LogP contribution is 2.45. The van der Waals surface area contributed by atoms with E-state index in [1.807, 2.05) is 45.0 Å². The van der Waals surface area contributed by atoms with Crippen molar-refractivity contribution in [2.75, 3.05) is 7.11 Å². The number of carbonyl (C=O) groups excluding carboxylic acids is 1. The average molecular weight is 423 g/mol. The minimum absolute atomic E-state index is 0.0157. The summed E-state index contributed by atoms with van der Waals surface area (Å²) in [6.45, 7) is 6.04. The Bertz CT molecular complexity index is 677. The van der Waals surface area contributed by atoms with Crippen LogP contribution in [0, 0.1) is 11.3 Å². The number of hydrogen-bond acceptors (Lipinski definition) is 4. The van der Waals surface area contributed by atoms with E-state index in [9.17, 15) is 15.0 Å². The first kappa shape index (κ1) is 23.9. The smallest absolute Gasteiger partial charge is 0.305 e. The Labute approximate surface area is 179 Å². The normalized spacial score (nSPS) is 26.0. The third-order valence-electron chi connectivity index (χ3n) is 5.82. The van der Waals surface area contributed by atoms with E-state index in [1.54, 1.807) is 0 Å². The summed E-state index contributed by atoms with van der Waals surface area (Å²) in [6, 6.07) is 7.94. The van der Waals surface area contributed by atoms with Crippen LogP contribution in [0.4, 0.5) is 0 Å². The van der Waals surface area contributed by atoms with Gasteiger partial charge in [-0.2, -0.15) is 0 Å². The maximum absolute atomic E-state index is 11.1. The van der Waals surface area contributed by atoms with E-state index < -0.39 is 12.2 Å². The van der Waals surface area contributed by atoms with Gasteiger partial charge in [0, 0.05) is 17.7 Å². The van der Waals surface area contributed by atoms with Crippen LogP contribution in [-0.4, -0.2) is 34.8 Å². The second-order valence-corrected chi connectivity index (χ2v) is 9.68. The Morgan fingerprint density at radius 2 is 1.93 bits per heavy atom. The molecule has 1 aliphatic carbocycles. The zero-order valence-electron chi connectivity index (χ0n) is 18.0. The summed E-state index contributed by atoms with van der Waals surface area (Å²) in [7, 11) is 1.40. The molecule has 1 aliphatic rings. The van der Waals surface area contributed by atoms with Crippen LogP contribution in [0.2, 0.25) is 0 Å². The molecule has 0 saturated heterocycles. The lowest BCUT2D eigenvalue weighted by Crippen LogP contribution is -2.20. The van der Waals surface area contributed by atoms with Crippen molar-refractivity contribution in [3.8, 4) is 0 Å². The molecule has 0 radical (unpaired) electrons. The third-order valence-corrected chi connectivity index (χ3v) is 6.32. The van der Waals surface area contributed by atoms with Crippen LogP contribution in [-0.2, 0) is 9.53 Å². The van der Waals surface area contributed by atoms with Gasteiger partial charge in [0.15, 0.2) is 0 Å². The number of carbonyl (C=O) groups is 1. The predicted octanol–water partition coefficient (Wildman–Crippen LogP) is 5.13. The molecule has 0 amide bonds. The Morgan fingerprint density at radius 1 is 1.28 bits per heavy atom. The number of halogens is 1. The molecule has 0 aliphatic heterocycles. The summed E-state index contributed by atoms with van der Waals surface area (Å²) in [5.41, 5.74) is 1.73. The number of rotatable bonds is 8. The average Bonchev–Trinajstić information content (AvgIpc) is 2.96. The van der Waals surface area contributed by atoms with Gasteiger partial charge in [0.25, 0.3) is 0 Å². The van der Waals surface area contributed by atoms with Crippen LogP contribution in [0.3, 0.4) is 0 Å². The topological polar surface area (TPSA) is 66.8 Å². The predicted molar refractivity (Wildman–Crippen MR) is 117 cm³/mol. The van der Waals surface area contributed by atoms with Crippen LogP contribution in [0.1, 0.15) is 76.0 Å². The fourth-order valence-electron chi connectivity index (χ4n) is 4.06. The molecule has 5 atom stereocenters. The second kappa shape index (κ2) is 10.6. The molecule has 1 aromatic carbocycles. The van der Waals surface area contributed by atoms with Crippen molar-refractivity contribution in [1.82, 2.24) is 0 Å². The minimum atomic E-state index is -0.533. The Balaban J connectivity index is 2.01. The van der Waals surface area contributed by atoms with E-state index in [0.29, 0.717) is 12.8 Å². The van der Waals surface area contributed by atoms with Gasteiger partial charge in [0.05, 0.1) is 19.3 Å². The highest BCUT2D eigenvalue weighted by Gasteiger charge is 2.41. The maximum atomic E-state index is 11.1. The van der Waals surface area contributed by atoms with Crippen molar-refractivity contribution >= 4 is 17.6 Å². The molecular weight excluding hydrogens is 388 g/mol. The van der Waals surface area contributed by atoms with Crippen LogP contribution >= 0.6 is 11.6 Å². The van der Waals surface area contributed by atoms with Crippen LogP contribution in [0.5, 0.6) is 0 Å². The number of unbranched alkanes of at least 4 members (excludes halogenated alkanes) is 1. The number of esters is 1. The van der Waals surface area contributed by atoms with Crippen molar-refractivity contribution in [3.05, 3.63) is 47.5 Å². The van der Waals surface area contributed by atoms with Crippen LogP contribution in [0.25, 0.3) is 0 Å². The quantitative estimate of drug-likeness (QED) is 0.264. The van der Waals surface area contributed by atoms with E-state index in [-0.39, 0.29) is 28.6 Å². The number of methoxy groups -OCH3 is 1.